The van der Waals surface area contributed by atoms with E-state index in [-0.39, 0.29) is 23.2 Å². The van der Waals surface area contributed by atoms with Crippen LogP contribution in [0.25, 0.3) is 0 Å². The summed E-state index contributed by atoms with van der Waals surface area (Å²) in [6, 6.07) is 16.8. The summed E-state index contributed by atoms with van der Waals surface area (Å²) < 4.78 is 74.4. The third-order valence-corrected chi connectivity index (χ3v) is 9.49. The number of nitrogens with zero attached hydrogens (tertiary/aromatic N) is 2. The van der Waals surface area contributed by atoms with Crippen molar-refractivity contribution in [2.75, 3.05) is 18.0 Å². The molecule has 0 spiro atoms. The Balaban J connectivity index is 1.71. The minimum atomic E-state index is -4.74. The van der Waals surface area contributed by atoms with Crippen molar-refractivity contribution in [3.63, 3.8) is 0 Å². The Hall–Kier alpha value is -4.06. The molecule has 0 aliphatic heterocycles. The van der Waals surface area contributed by atoms with Gasteiger partial charge in [-0.3, -0.25) is 13.9 Å². The maximum absolute atomic E-state index is 14.0. The molecule has 1 atom stereocenters. The molecule has 0 saturated heterocycles. The van der Waals surface area contributed by atoms with Crippen molar-refractivity contribution in [3.8, 4) is 5.75 Å². The van der Waals surface area contributed by atoms with E-state index < -0.39 is 46.2 Å². The predicted octanol–water partition coefficient (Wildman–Crippen LogP) is 5.78. The minimum absolute atomic E-state index is 0.0308. The number of anilines is 1. The molecule has 0 unspecified atom stereocenters. The molecule has 0 radical (unpaired) electrons. The van der Waals surface area contributed by atoms with Gasteiger partial charge in [0.05, 0.1) is 23.3 Å². The van der Waals surface area contributed by atoms with Gasteiger partial charge >= 0.3 is 6.18 Å². The normalized spacial score (nSPS) is 14.8. The van der Waals surface area contributed by atoms with Crippen molar-refractivity contribution in [3.05, 3.63) is 90.0 Å². The molecule has 0 heterocycles. The quantitative estimate of drug-likeness (QED) is 0.290. The zero-order valence-electron chi connectivity index (χ0n) is 24.6. The number of nitrogens with one attached hydrogen (secondary N) is 1. The van der Waals surface area contributed by atoms with E-state index in [1.165, 1.54) is 42.3 Å². The van der Waals surface area contributed by atoms with Crippen molar-refractivity contribution >= 4 is 27.5 Å². The molecular weight excluding hydrogens is 595 g/mol. The Labute approximate surface area is 255 Å². The number of carbonyl (C=O) groups is 2. The van der Waals surface area contributed by atoms with Crippen molar-refractivity contribution in [1.29, 1.82) is 0 Å². The molecule has 4 rings (SSSR count). The highest BCUT2D eigenvalue weighted by Gasteiger charge is 2.35. The zero-order chi connectivity index (χ0) is 31.9. The molecule has 1 aliphatic carbocycles. The van der Waals surface area contributed by atoms with Crippen LogP contribution in [0.5, 0.6) is 5.75 Å². The molecular formula is C32H36F3N3O5S. The van der Waals surface area contributed by atoms with Crippen LogP contribution in [0, 0.1) is 0 Å². The average molecular weight is 632 g/mol. The molecule has 1 N–H and O–H groups in total. The standard InChI is InChI=1S/C32H36F3N3O5S/c1-23(31(40)36-26-11-5-3-6-12-26)37(21-24-16-18-28(43-2)19-17-24)30(39)22-38(44(41,42)29-14-7-4-8-15-29)27-13-9-10-25(20-27)32(33,34)35/h4,7-10,13-20,23,26H,3,5-6,11-12,21-22H2,1-2H3,(H,36,40)/t23-/m1/s1. The first-order chi connectivity index (χ1) is 20.9. The third kappa shape index (κ3) is 8.10. The number of ether oxygens (including phenoxy) is 1. The van der Waals surface area contributed by atoms with Gasteiger partial charge in [-0.2, -0.15) is 13.2 Å². The Morgan fingerprint density at radius 2 is 1.61 bits per heavy atom. The summed E-state index contributed by atoms with van der Waals surface area (Å²) in [4.78, 5) is 28.5. The van der Waals surface area contributed by atoms with Crippen LogP contribution < -0.4 is 14.4 Å². The molecule has 0 bridgehead atoms. The van der Waals surface area contributed by atoms with Gasteiger partial charge in [0, 0.05) is 12.6 Å². The molecule has 1 fully saturated rings. The lowest BCUT2D eigenvalue weighted by Crippen LogP contribution is -2.53. The van der Waals surface area contributed by atoms with Crippen molar-refractivity contribution in [1.82, 2.24) is 10.2 Å². The first-order valence-corrected chi connectivity index (χ1v) is 15.8. The molecule has 44 heavy (non-hydrogen) atoms. The Morgan fingerprint density at radius 1 is 0.955 bits per heavy atom. The monoisotopic (exact) mass is 631 g/mol. The lowest BCUT2D eigenvalue weighted by atomic mass is 9.95. The fourth-order valence-electron chi connectivity index (χ4n) is 5.16. The summed E-state index contributed by atoms with van der Waals surface area (Å²) in [6.07, 6.45) is -0.0408. The van der Waals surface area contributed by atoms with E-state index in [1.54, 1.807) is 37.3 Å². The predicted molar refractivity (Wildman–Crippen MR) is 160 cm³/mol. The summed E-state index contributed by atoms with van der Waals surface area (Å²) >= 11 is 0. The van der Waals surface area contributed by atoms with Crippen LogP contribution in [0.3, 0.4) is 0 Å². The summed E-state index contributed by atoms with van der Waals surface area (Å²) in [6.45, 7) is 0.666. The van der Waals surface area contributed by atoms with Gasteiger partial charge in [-0.25, -0.2) is 8.42 Å². The second kappa shape index (κ2) is 14.1. The maximum atomic E-state index is 14.0. The van der Waals surface area contributed by atoms with Gasteiger partial charge in [-0.15, -0.1) is 0 Å². The van der Waals surface area contributed by atoms with Crippen molar-refractivity contribution in [2.45, 2.75) is 68.7 Å². The highest BCUT2D eigenvalue weighted by Crippen LogP contribution is 2.33. The molecule has 8 nitrogen and oxygen atoms in total. The smallest absolute Gasteiger partial charge is 0.416 e. The van der Waals surface area contributed by atoms with Crippen molar-refractivity contribution in [2.24, 2.45) is 0 Å². The Kier molecular flexibility index (Phi) is 10.6. The average Bonchev–Trinajstić information content (AvgIpc) is 3.02. The number of hydrogen-bond donors (Lipinski definition) is 1. The SMILES string of the molecule is COc1ccc(CN(C(=O)CN(c2cccc(C(F)(F)F)c2)S(=O)(=O)c2ccccc2)[C@H](C)C(=O)NC2CCCCC2)cc1. The molecule has 236 valence electrons. The molecule has 3 aromatic rings. The topological polar surface area (TPSA) is 96.0 Å². The first kappa shape index (κ1) is 32.8. The Bertz CT molecular complexity index is 1530. The van der Waals surface area contributed by atoms with Crippen LogP contribution in [0.1, 0.15) is 50.2 Å². The van der Waals surface area contributed by atoms with Gasteiger partial charge in [-0.05, 0) is 67.8 Å². The number of rotatable bonds is 11. The van der Waals surface area contributed by atoms with Gasteiger partial charge in [-0.1, -0.05) is 55.7 Å². The van der Waals surface area contributed by atoms with Crippen LogP contribution in [-0.4, -0.2) is 50.9 Å². The highest BCUT2D eigenvalue weighted by molar-refractivity contribution is 7.92. The largest absolute Gasteiger partial charge is 0.497 e. The van der Waals surface area contributed by atoms with E-state index in [0.717, 1.165) is 44.2 Å². The van der Waals surface area contributed by atoms with Crippen LogP contribution >= 0.6 is 0 Å². The summed E-state index contributed by atoms with van der Waals surface area (Å²) in [5, 5.41) is 3.01. The number of halogens is 3. The van der Waals surface area contributed by atoms with Gasteiger partial charge in [0.15, 0.2) is 0 Å². The number of sulfonamides is 1. The lowest BCUT2D eigenvalue weighted by molar-refractivity contribution is -0.139. The number of carbonyl (C=O) groups excluding carboxylic acids is 2. The zero-order valence-corrected chi connectivity index (χ0v) is 25.4. The fourth-order valence-corrected chi connectivity index (χ4v) is 6.59. The van der Waals surface area contributed by atoms with Gasteiger partial charge in [0.1, 0.15) is 18.3 Å². The first-order valence-electron chi connectivity index (χ1n) is 14.4. The number of benzene rings is 3. The second-order valence-electron chi connectivity index (χ2n) is 10.8. The summed E-state index contributed by atoms with van der Waals surface area (Å²) in [5.41, 5.74) is -0.750. The van der Waals surface area contributed by atoms with E-state index >= 15 is 0 Å². The van der Waals surface area contributed by atoms with Gasteiger partial charge in [0.25, 0.3) is 10.0 Å². The number of amides is 2. The summed E-state index contributed by atoms with van der Waals surface area (Å²) in [5.74, 6) is -0.571. The third-order valence-electron chi connectivity index (χ3n) is 7.70. The van der Waals surface area contributed by atoms with Gasteiger partial charge < -0.3 is 15.0 Å². The van der Waals surface area contributed by atoms with Crippen LogP contribution in [0.2, 0.25) is 0 Å². The number of alkyl halides is 3. The lowest BCUT2D eigenvalue weighted by Gasteiger charge is -2.33. The minimum Gasteiger partial charge on any atom is -0.497 e. The van der Waals surface area contributed by atoms with E-state index in [9.17, 15) is 31.2 Å². The van der Waals surface area contributed by atoms with Crippen molar-refractivity contribution < 1.29 is 35.9 Å². The van der Waals surface area contributed by atoms with Gasteiger partial charge in [0.2, 0.25) is 11.8 Å². The van der Waals surface area contributed by atoms with E-state index in [1.807, 2.05) is 0 Å². The summed E-state index contributed by atoms with van der Waals surface area (Å²) in [7, 11) is -2.98. The maximum Gasteiger partial charge on any atom is 0.416 e. The molecule has 12 heteroatoms. The van der Waals surface area contributed by atoms with E-state index in [2.05, 4.69) is 5.32 Å². The highest BCUT2D eigenvalue weighted by atomic mass is 32.2. The molecule has 1 saturated carbocycles. The second-order valence-corrected chi connectivity index (χ2v) is 12.6. The number of hydrogen-bond acceptors (Lipinski definition) is 5. The number of methoxy groups -OCH3 is 1. The molecule has 2 amide bonds. The molecule has 3 aromatic carbocycles. The molecule has 0 aromatic heterocycles. The molecule has 1 aliphatic rings. The van der Waals surface area contributed by atoms with Crippen LogP contribution in [0.15, 0.2) is 83.8 Å². The van der Waals surface area contributed by atoms with Crippen LogP contribution in [0.4, 0.5) is 18.9 Å². The Morgan fingerprint density at radius 3 is 2.23 bits per heavy atom. The fraction of sp³-hybridized carbons (Fsp3) is 0.375. The van der Waals surface area contributed by atoms with E-state index in [4.69, 9.17) is 4.74 Å². The van der Waals surface area contributed by atoms with Crippen LogP contribution in [-0.2, 0) is 32.3 Å². The van der Waals surface area contributed by atoms with E-state index in [0.29, 0.717) is 21.7 Å².